The molecule has 0 bridgehead atoms. The molecule has 1 amide bonds. The number of amides is 1. The van der Waals surface area contributed by atoms with Gasteiger partial charge in [-0.3, -0.25) is 4.79 Å². The molecule has 2 heterocycles. The van der Waals surface area contributed by atoms with Crippen molar-refractivity contribution in [2.24, 2.45) is 0 Å². The summed E-state index contributed by atoms with van der Waals surface area (Å²) in [5, 5.41) is 2.84. The molecule has 0 aliphatic carbocycles. The lowest BCUT2D eigenvalue weighted by Gasteiger charge is -2.27. The van der Waals surface area contributed by atoms with E-state index in [0.717, 1.165) is 18.9 Å². The molecule has 1 aliphatic rings. The fraction of sp³-hybridized carbons (Fsp3) is 0.333. The summed E-state index contributed by atoms with van der Waals surface area (Å²) in [6.07, 6.45) is 1.65. The number of ether oxygens (including phenoxy) is 3. The van der Waals surface area contributed by atoms with Gasteiger partial charge in [-0.05, 0) is 24.3 Å². The quantitative estimate of drug-likeness (QED) is 0.897. The number of hydrogen-bond acceptors (Lipinski definition) is 6. The van der Waals surface area contributed by atoms with Gasteiger partial charge in [0.1, 0.15) is 17.3 Å². The van der Waals surface area contributed by atoms with Crippen LogP contribution >= 0.6 is 0 Å². The number of pyridine rings is 1. The fourth-order valence-corrected chi connectivity index (χ4v) is 2.62. The van der Waals surface area contributed by atoms with E-state index in [1.807, 2.05) is 12.1 Å². The molecule has 0 radical (unpaired) electrons. The highest BCUT2D eigenvalue weighted by molar-refractivity contribution is 6.06. The molecule has 25 heavy (non-hydrogen) atoms. The number of anilines is 2. The van der Waals surface area contributed by atoms with Gasteiger partial charge in [-0.1, -0.05) is 0 Å². The lowest BCUT2D eigenvalue weighted by molar-refractivity contribution is 0.102. The van der Waals surface area contributed by atoms with Crippen LogP contribution in [0.1, 0.15) is 10.4 Å². The van der Waals surface area contributed by atoms with Crippen LogP contribution in [0.15, 0.2) is 36.5 Å². The Balaban J connectivity index is 1.70. The highest BCUT2D eigenvalue weighted by Gasteiger charge is 2.15. The van der Waals surface area contributed by atoms with Crippen molar-refractivity contribution in [3.8, 4) is 11.5 Å². The molecule has 1 saturated heterocycles. The number of aromatic nitrogens is 1. The normalized spacial score (nSPS) is 14.1. The zero-order valence-corrected chi connectivity index (χ0v) is 14.3. The maximum absolute atomic E-state index is 12.5. The fourth-order valence-electron chi connectivity index (χ4n) is 2.62. The van der Waals surface area contributed by atoms with Crippen molar-refractivity contribution in [1.29, 1.82) is 0 Å². The van der Waals surface area contributed by atoms with Gasteiger partial charge in [0.15, 0.2) is 0 Å². The van der Waals surface area contributed by atoms with E-state index in [1.165, 1.54) is 7.11 Å². The second kappa shape index (κ2) is 7.85. The molecule has 0 saturated carbocycles. The van der Waals surface area contributed by atoms with Crippen LogP contribution in [0.25, 0.3) is 0 Å². The molecule has 0 atom stereocenters. The first-order valence-electron chi connectivity index (χ1n) is 8.03. The van der Waals surface area contributed by atoms with Crippen LogP contribution in [0.2, 0.25) is 0 Å². The summed E-state index contributed by atoms with van der Waals surface area (Å²) in [6.45, 7) is 3.05. The second-order valence-electron chi connectivity index (χ2n) is 5.52. The molecule has 7 heteroatoms. The molecule has 1 aliphatic heterocycles. The van der Waals surface area contributed by atoms with Crippen molar-refractivity contribution in [2.75, 3.05) is 50.7 Å². The molecule has 0 unspecified atom stereocenters. The summed E-state index contributed by atoms with van der Waals surface area (Å²) in [5.41, 5.74) is 1.06. The Morgan fingerprint density at radius 3 is 2.60 bits per heavy atom. The monoisotopic (exact) mass is 343 g/mol. The van der Waals surface area contributed by atoms with Gasteiger partial charge in [0.05, 0.1) is 44.9 Å². The van der Waals surface area contributed by atoms with Crippen molar-refractivity contribution in [3.05, 3.63) is 42.1 Å². The van der Waals surface area contributed by atoms with Gasteiger partial charge in [-0.2, -0.15) is 0 Å². The Bertz CT molecular complexity index is 728. The molecule has 1 aromatic heterocycles. The number of carbonyl (C=O) groups excluding carboxylic acids is 1. The molecule has 0 spiro atoms. The minimum Gasteiger partial charge on any atom is -0.497 e. The van der Waals surface area contributed by atoms with E-state index in [9.17, 15) is 4.79 Å². The first-order valence-corrected chi connectivity index (χ1v) is 8.03. The average Bonchev–Trinajstić information content (AvgIpc) is 2.68. The Morgan fingerprint density at radius 1 is 1.16 bits per heavy atom. The van der Waals surface area contributed by atoms with Gasteiger partial charge in [0.2, 0.25) is 0 Å². The van der Waals surface area contributed by atoms with Gasteiger partial charge in [0.25, 0.3) is 5.91 Å². The Hall–Kier alpha value is -2.80. The SMILES string of the molecule is COc1ccc(C(=O)Nc2ccc(N3CCOCC3)nc2)c(OC)c1. The Labute approximate surface area is 146 Å². The average molecular weight is 343 g/mol. The number of rotatable bonds is 5. The lowest BCUT2D eigenvalue weighted by atomic mass is 10.1. The number of nitrogens with one attached hydrogen (secondary N) is 1. The number of morpholine rings is 1. The minimum atomic E-state index is -0.263. The standard InChI is InChI=1S/C18H21N3O4/c1-23-14-4-5-15(16(11-14)24-2)18(22)20-13-3-6-17(19-12-13)21-7-9-25-10-8-21/h3-6,11-12H,7-10H2,1-2H3,(H,20,22). The molecule has 2 aromatic rings. The number of benzene rings is 1. The first kappa shape index (κ1) is 17.0. The molecule has 132 valence electrons. The number of nitrogens with zero attached hydrogens (tertiary/aromatic N) is 2. The first-order chi connectivity index (χ1) is 12.2. The van der Waals surface area contributed by atoms with E-state index in [2.05, 4.69) is 15.2 Å². The van der Waals surface area contributed by atoms with Gasteiger partial charge in [0, 0.05) is 19.2 Å². The van der Waals surface area contributed by atoms with Crippen molar-refractivity contribution in [1.82, 2.24) is 4.98 Å². The Morgan fingerprint density at radius 2 is 1.96 bits per heavy atom. The summed E-state index contributed by atoms with van der Waals surface area (Å²) in [5.74, 6) is 1.70. The van der Waals surface area contributed by atoms with E-state index in [4.69, 9.17) is 14.2 Å². The van der Waals surface area contributed by atoms with Gasteiger partial charge in [-0.25, -0.2) is 4.98 Å². The molecule has 1 aromatic carbocycles. The van der Waals surface area contributed by atoms with Gasteiger partial charge >= 0.3 is 0 Å². The van der Waals surface area contributed by atoms with Crippen LogP contribution in [-0.2, 0) is 4.74 Å². The summed E-state index contributed by atoms with van der Waals surface area (Å²) in [6, 6.07) is 8.80. The molecule has 1 fully saturated rings. The van der Waals surface area contributed by atoms with Crippen LogP contribution in [-0.4, -0.2) is 51.4 Å². The van der Waals surface area contributed by atoms with Crippen molar-refractivity contribution in [2.45, 2.75) is 0 Å². The summed E-state index contributed by atoms with van der Waals surface area (Å²) in [7, 11) is 3.08. The van der Waals surface area contributed by atoms with E-state index < -0.39 is 0 Å². The molecule has 3 rings (SSSR count). The van der Waals surface area contributed by atoms with Crippen molar-refractivity contribution < 1.29 is 19.0 Å². The summed E-state index contributed by atoms with van der Waals surface area (Å²) < 4.78 is 15.8. The van der Waals surface area contributed by atoms with Gasteiger partial charge in [-0.15, -0.1) is 0 Å². The zero-order valence-electron chi connectivity index (χ0n) is 14.3. The number of methoxy groups -OCH3 is 2. The molecule has 7 nitrogen and oxygen atoms in total. The predicted octanol–water partition coefficient (Wildman–Crippen LogP) is 2.19. The minimum absolute atomic E-state index is 0.263. The maximum atomic E-state index is 12.5. The van der Waals surface area contributed by atoms with E-state index in [0.29, 0.717) is 36.0 Å². The van der Waals surface area contributed by atoms with Crippen LogP contribution in [0.4, 0.5) is 11.5 Å². The van der Waals surface area contributed by atoms with E-state index >= 15 is 0 Å². The summed E-state index contributed by atoms with van der Waals surface area (Å²) in [4.78, 5) is 19.1. The van der Waals surface area contributed by atoms with Crippen LogP contribution < -0.4 is 19.7 Å². The topological polar surface area (TPSA) is 72.9 Å². The largest absolute Gasteiger partial charge is 0.497 e. The maximum Gasteiger partial charge on any atom is 0.259 e. The van der Waals surface area contributed by atoms with Crippen molar-refractivity contribution >= 4 is 17.4 Å². The lowest BCUT2D eigenvalue weighted by Crippen LogP contribution is -2.36. The van der Waals surface area contributed by atoms with Crippen LogP contribution in [0.5, 0.6) is 11.5 Å². The molecular weight excluding hydrogens is 322 g/mol. The highest BCUT2D eigenvalue weighted by atomic mass is 16.5. The number of hydrogen-bond donors (Lipinski definition) is 1. The molecule has 1 N–H and O–H groups in total. The van der Waals surface area contributed by atoms with Gasteiger partial charge < -0.3 is 24.4 Å². The zero-order chi connectivity index (χ0) is 17.6. The summed E-state index contributed by atoms with van der Waals surface area (Å²) >= 11 is 0. The third-order valence-electron chi connectivity index (χ3n) is 3.99. The third kappa shape index (κ3) is 4.00. The predicted molar refractivity (Wildman–Crippen MR) is 94.8 cm³/mol. The van der Waals surface area contributed by atoms with Crippen LogP contribution in [0, 0.1) is 0 Å². The van der Waals surface area contributed by atoms with E-state index in [-0.39, 0.29) is 5.91 Å². The second-order valence-corrected chi connectivity index (χ2v) is 5.52. The number of carbonyl (C=O) groups is 1. The van der Waals surface area contributed by atoms with Crippen molar-refractivity contribution in [3.63, 3.8) is 0 Å². The highest BCUT2D eigenvalue weighted by Crippen LogP contribution is 2.25. The van der Waals surface area contributed by atoms with Crippen LogP contribution in [0.3, 0.4) is 0 Å². The molecular formula is C18H21N3O4. The third-order valence-corrected chi connectivity index (χ3v) is 3.99. The smallest absolute Gasteiger partial charge is 0.259 e. The van der Waals surface area contributed by atoms with E-state index in [1.54, 1.807) is 31.5 Å². The Kier molecular flexibility index (Phi) is 5.35.